The van der Waals surface area contributed by atoms with E-state index in [-0.39, 0.29) is 18.2 Å². The van der Waals surface area contributed by atoms with Crippen molar-refractivity contribution in [2.45, 2.75) is 76.1 Å². The summed E-state index contributed by atoms with van der Waals surface area (Å²) < 4.78 is 40.1. The predicted octanol–water partition coefficient (Wildman–Crippen LogP) is 3.33. The highest BCUT2D eigenvalue weighted by atomic mass is 32.2. The van der Waals surface area contributed by atoms with Gasteiger partial charge in [-0.15, -0.1) is 0 Å². The summed E-state index contributed by atoms with van der Waals surface area (Å²) in [5.74, 6) is 0.826. The number of aromatic nitrogens is 2. The number of H-pyrrole nitrogens is 1. The maximum Gasteiger partial charge on any atom is 0.247 e. The van der Waals surface area contributed by atoms with Gasteiger partial charge < -0.3 is 9.47 Å². The Hall–Kier alpha value is -1.90. The molecular formula is C21H29N3O4S. The first-order chi connectivity index (χ1) is 13.9. The van der Waals surface area contributed by atoms with Crippen LogP contribution in [0.1, 0.15) is 49.6 Å². The van der Waals surface area contributed by atoms with E-state index in [4.69, 9.17) is 9.47 Å². The molecule has 1 aromatic heterocycles. The molecule has 2 fully saturated rings. The molecule has 158 valence electrons. The van der Waals surface area contributed by atoms with E-state index in [0.29, 0.717) is 42.3 Å². The van der Waals surface area contributed by atoms with Gasteiger partial charge in [0.1, 0.15) is 16.7 Å². The van der Waals surface area contributed by atoms with Gasteiger partial charge in [0, 0.05) is 31.5 Å². The van der Waals surface area contributed by atoms with Gasteiger partial charge >= 0.3 is 0 Å². The highest BCUT2D eigenvalue weighted by Gasteiger charge is 2.48. The minimum absolute atomic E-state index is 0.0188. The Kier molecular flexibility index (Phi) is 5.68. The third kappa shape index (κ3) is 3.93. The van der Waals surface area contributed by atoms with E-state index in [2.05, 4.69) is 10.2 Å². The number of hydrogen-bond donors (Lipinski definition) is 1. The maximum atomic E-state index is 13.4. The third-order valence-electron chi connectivity index (χ3n) is 5.92. The molecule has 0 saturated carbocycles. The Balaban J connectivity index is 1.45. The number of aryl methyl sites for hydroxylation is 2. The van der Waals surface area contributed by atoms with Crippen molar-refractivity contribution in [1.82, 2.24) is 14.5 Å². The lowest BCUT2D eigenvalue weighted by molar-refractivity contribution is 0.0955. The molecule has 8 heteroatoms. The van der Waals surface area contributed by atoms with Gasteiger partial charge in [0.15, 0.2) is 0 Å². The zero-order chi connectivity index (χ0) is 20.6. The van der Waals surface area contributed by atoms with Crippen molar-refractivity contribution in [3.8, 4) is 5.75 Å². The number of benzene rings is 1. The number of hydrogen-bond acceptors (Lipinski definition) is 5. The first-order valence-electron chi connectivity index (χ1n) is 10.3. The lowest BCUT2D eigenvalue weighted by Gasteiger charge is -2.37. The number of sulfonamides is 1. The van der Waals surface area contributed by atoms with Crippen LogP contribution in [-0.2, 0) is 21.4 Å². The van der Waals surface area contributed by atoms with Crippen LogP contribution in [0.2, 0.25) is 0 Å². The van der Waals surface area contributed by atoms with Crippen LogP contribution in [0.4, 0.5) is 0 Å². The van der Waals surface area contributed by atoms with Crippen molar-refractivity contribution in [2.75, 3.05) is 6.61 Å². The number of fused-ring (bicyclic) bond motifs is 2. The molecule has 4 rings (SSSR count). The molecule has 2 saturated heterocycles. The van der Waals surface area contributed by atoms with E-state index in [1.54, 1.807) is 18.2 Å². The highest BCUT2D eigenvalue weighted by Crippen LogP contribution is 2.41. The van der Waals surface area contributed by atoms with Gasteiger partial charge in [-0.25, -0.2) is 8.42 Å². The fraction of sp³-hybridized carbons (Fsp3) is 0.571. The zero-order valence-electron chi connectivity index (χ0n) is 17.2. The second-order valence-electron chi connectivity index (χ2n) is 7.98. The average molecular weight is 420 g/mol. The van der Waals surface area contributed by atoms with E-state index < -0.39 is 10.0 Å². The summed E-state index contributed by atoms with van der Waals surface area (Å²) in [6.07, 6.45) is 3.22. The van der Waals surface area contributed by atoms with Gasteiger partial charge in [-0.1, -0.05) is 12.1 Å². The predicted molar refractivity (Wildman–Crippen MR) is 109 cm³/mol. The number of piperidine rings is 1. The van der Waals surface area contributed by atoms with Gasteiger partial charge in [-0.3, -0.25) is 5.10 Å². The van der Waals surface area contributed by atoms with E-state index in [1.807, 2.05) is 31.2 Å². The molecule has 1 unspecified atom stereocenters. The van der Waals surface area contributed by atoms with Crippen molar-refractivity contribution in [2.24, 2.45) is 0 Å². The van der Waals surface area contributed by atoms with Crippen molar-refractivity contribution < 1.29 is 17.9 Å². The lowest BCUT2D eigenvalue weighted by Crippen LogP contribution is -2.49. The van der Waals surface area contributed by atoms with Crippen LogP contribution in [0.25, 0.3) is 0 Å². The molecule has 1 aromatic carbocycles. The van der Waals surface area contributed by atoms with Crippen LogP contribution in [0.5, 0.6) is 5.75 Å². The second kappa shape index (κ2) is 8.08. The fourth-order valence-corrected chi connectivity index (χ4v) is 6.91. The van der Waals surface area contributed by atoms with E-state index in [1.165, 1.54) is 0 Å². The summed E-state index contributed by atoms with van der Waals surface area (Å²) in [6.45, 7) is 6.78. The van der Waals surface area contributed by atoms with Gasteiger partial charge in [-0.05, 0) is 51.3 Å². The first-order valence-corrected chi connectivity index (χ1v) is 11.7. The Bertz CT molecular complexity index is 921. The van der Waals surface area contributed by atoms with Crippen LogP contribution in [0.3, 0.4) is 0 Å². The standard InChI is InChI=1S/C21H29N3O4S/c1-4-27-13-16-5-9-19(10-6-16)28-20-11-17-7-8-18(12-20)24(17)29(25,26)21-14(2)22-23-15(21)3/h5-6,9-10,17-18,20H,4,7-8,11-13H2,1-3H3,(H,22,23)/t17-,18+,20?. The highest BCUT2D eigenvalue weighted by molar-refractivity contribution is 7.89. The smallest absolute Gasteiger partial charge is 0.247 e. The maximum absolute atomic E-state index is 13.4. The fourth-order valence-electron chi connectivity index (χ4n) is 4.68. The Morgan fingerprint density at radius 3 is 2.34 bits per heavy atom. The summed E-state index contributed by atoms with van der Waals surface area (Å²) >= 11 is 0. The molecular weight excluding hydrogens is 390 g/mol. The molecule has 3 heterocycles. The van der Waals surface area contributed by atoms with Crippen molar-refractivity contribution in [3.05, 3.63) is 41.2 Å². The second-order valence-corrected chi connectivity index (χ2v) is 9.76. The monoisotopic (exact) mass is 419 g/mol. The number of rotatable bonds is 7. The molecule has 0 radical (unpaired) electrons. The minimum atomic E-state index is -3.56. The van der Waals surface area contributed by atoms with Crippen LogP contribution in [0.15, 0.2) is 29.2 Å². The third-order valence-corrected chi connectivity index (χ3v) is 8.19. The molecule has 0 aliphatic carbocycles. The normalized spacial score (nSPS) is 24.7. The van der Waals surface area contributed by atoms with Crippen molar-refractivity contribution in [1.29, 1.82) is 0 Å². The van der Waals surface area contributed by atoms with Gasteiger partial charge in [-0.2, -0.15) is 9.40 Å². The van der Waals surface area contributed by atoms with E-state index in [9.17, 15) is 8.42 Å². The molecule has 0 spiro atoms. The van der Waals surface area contributed by atoms with E-state index >= 15 is 0 Å². The van der Waals surface area contributed by atoms with Gasteiger partial charge in [0.2, 0.25) is 10.0 Å². The Labute approximate surface area is 172 Å². The Morgan fingerprint density at radius 2 is 1.79 bits per heavy atom. The van der Waals surface area contributed by atoms with Gasteiger partial charge in [0.25, 0.3) is 0 Å². The average Bonchev–Trinajstić information content (AvgIpc) is 3.18. The van der Waals surface area contributed by atoms with Crippen LogP contribution in [-0.4, -0.2) is 47.7 Å². The Morgan fingerprint density at radius 1 is 1.14 bits per heavy atom. The molecule has 7 nitrogen and oxygen atoms in total. The number of aromatic amines is 1. The minimum Gasteiger partial charge on any atom is -0.490 e. The summed E-state index contributed by atoms with van der Waals surface area (Å²) in [5, 5.41) is 6.88. The molecule has 2 aromatic rings. The molecule has 29 heavy (non-hydrogen) atoms. The van der Waals surface area contributed by atoms with Crippen LogP contribution < -0.4 is 4.74 Å². The zero-order valence-corrected chi connectivity index (χ0v) is 18.0. The molecule has 3 atom stereocenters. The first kappa shape index (κ1) is 20.4. The molecule has 2 aliphatic heterocycles. The van der Waals surface area contributed by atoms with E-state index in [0.717, 1.165) is 24.2 Å². The lowest BCUT2D eigenvalue weighted by atomic mass is 10.0. The number of nitrogens with zero attached hydrogens (tertiary/aromatic N) is 2. The molecule has 2 bridgehead atoms. The van der Waals surface area contributed by atoms with Crippen LogP contribution in [0, 0.1) is 13.8 Å². The number of nitrogens with one attached hydrogen (secondary N) is 1. The quantitative estimate of drug-likeness (QED) is 0.744. The van der Waals surface area contributed by atoms with Crippen molar-refractivity contribution >= 4 is 10.0 Å². The summed E-state index contributed by atoms with van der Waals surface area (Å²) in [7, 11) is -3.56. The van der Waals surface area contributed by atoms with Gasteiger partial charge in [0.05, 0.1) is 18.0 Å². The summed E-state index contributed by atoms with van der Waals surface area (Å²) in [4.78, 5) is 0.332. The molecule has 0 amide bonds. The molecule has 1 N–H and O–H groups in total. The largest absolute Gasteiger partial charge is 0.490 e. The number of ether oxygens (including phenoxy) is 2. The SMILES string of the molecule is CCOCc1ccc(OC2C[C@H]3CC[C@@H](C2)N3S(=O)(=O)c2c(C)n[nH]c2C)cc1. The summed E-state index contributed by atoms with van der Waals surface area (Å²) in [6, 6.07) is 7.94. The van der Waals surface area contributed by atoms with Crippen molar-refractivity contribution in [3.63, 3.8) is 0 Å². The topological polar surface area (TPSA) is 84.5 Å². The summed E-state index contributed by atoms with van der Waals surface area (Å²) in [5.41, 5.74) is 2.26. The molecule has 2 aliphatic rings. The van der Waals surface area contributed by atoms with Crippen LogP contribution >= 0.6 is 0 Å².